The Balaban J connectivity index is 1.74. The minimum Gasteiger partial charge on any atom is -0.298 e. The van der Waals surface area contributed by atoms with Crippen LogP contribution in [0.15, 0.2) is 0 Å². The number of hydrogen-bond donors (Lipinski definition) is 0. The van der Waals surface area contributed by atoms with Crippen molar-refractivity contribution in [3.05, 3.63) is 0 Å². The first-order valence-electron chi connectivity index (χ1n) is 4.40. The van der Waals surface area contributed by atoms with Crippen molar-refractivity contribution >= 4 is 21.7 Å². The number of hydrogen-bond acceptors (Lipinski definition) is 1. The van der Waals surface area contributed by atoms with Crippen LogP contribution in [0.3, 0.4) is 0 Å². The molecule has 0 aromatic heterocycles. The van der Waals surface area contributed by atoms with Gasteiger partial charge >= 0.3 is 0 Å². The number of carbonyl (C=O) groups excluding carboxylic acids is 1. The summed E-state index contributed by atoms with van der Waals surface area (Å²) in [4.78, 5) is 11.1. The van der Waals surface area contributed by atoms with Crippen LogP contribution in [0.25, 0.3) is 0 Å². The third-order valence-corrected chi connectivity index (χ3v) is 3.60. The standard InChI is InChI=1S/C9H13BrO/c10-5-9(11)8-3-7(4-8)6-1-2-6/h6-8H,1-5H2. The molecule has 0 saturated heterocycles. The Kier molecular flexibility index (Phi) is 2.04. The lowest BCUT2D eigenvalue weighted by Crippen LogP contribution is -2.32. The van der Waals surface area contributed by atoms with Gasteiger partial charge in [-0.3, -0.25) is 4.79 Å². The smallest absolute Gasteiger partial charge is 0.146 e. The highest BCUT2D eigenvalue weighted by molar-refractivity contribution is 9.09. The molecule has 0 aliphatic heterocycles. The van der Waals surface area contributed by atoms with Crippen LogP contribution >= 0.6 is 15.9 Å². The van der Waals surface area contributed by atoms with E-state index in [0.717, 1.165) is 11.8 Å². The highest BCUT2D eigenvalue weighted by atomic mass is 79.9. The Morgan fingerprint density at radius 3 is 2.36 bits per heavy atom. The van der Waals surface area contributed by atoms with E-state index in [1.807, 2.05) is 0 Å². The summed E-state index contributed by atoms with van der Waals surface area (Å²) in [6.45, 7) is 0. The molecule has 2 aliphatic carbocycles. The van der Waals surface area contributed by atoms with Crippen LogP contribution in [-0.4, -0.2) is 11.1 Å². The summed E-state index contributed by atoms with van der Waals surface area (Å²) in [5.41, 5.74) is 0. The van der Waals surface area contributed by atoms with Crippen molar-refractivity contribution < 1.29 is 4.79 Å². The first-order chi connectivity index (χ1) is 5.31. The molecule has 0 aromatic carbocycles. The zero-order valence-corrected chi connectivity index (χ0v) is 8.14. The highest BCUT2D eigenvalue weighted by Crippen LogP contribution is 2.49. The number of halogens is 1. The van der Waals surface area contributed by atoms with E-state index < -0.39 is 0 Å². The van der Waals surface area contributed by atoms with Crippen molar-refractivity contribution in [1.29, 1.82) is 0 Å². The van der Waals surface area contributed by atoms with Crippen molar-refractivity contribution in [1.82, 2.24) is 0 Å². The van der Waals surface area contributed by atoms with E-state index in [2.05, 4.69) is 15.9 Å². The maximum absolute atomic E-state index is 11.1. The highest BCUT2D eigenvalue weighted by Gasteiger charge is 2.42. The lowest BCUT2D eigenvalue weighted by molar-refractivity contribution is -0.124. The first-order valence-corrected chi connectivity index (χ1v) is 5.52. The topological polar surface area (TPSA) is 17.1 Å². The molecule has 2 fully saturated rings. The van der Waals surface area contributed by atoms with Gasteiger partial charge in [0.25, 0.3) is 0 Å². The third kappa shape index (κ3) is 1.51. The Labute approximate surface area is 75.7 Å². The second-order valence-corrected chi connectivity index (χ2v) is 4.43. The van der Waals surface area contributed by atoms with Gasteiger partial charge in [0.1, 0.15) is 5.78 Å². The van der Waals surface area contributed by atoms with Crippen LogP contribution in [-0.2, 0) is 4.79 Å². The van der Waals surface area contributed by atoms with Crippen molar-refractivity contribution in [2.45, 2.75) is 25.7 Å². The Bertz CT molecular complexity index is 168. The van der Waals surface area contributed by atoms with Crippen molar-refractivity contribution in [2.24, 2.45) is 17.8 Å². The second-order valence-electron chi connectivity index (χ2n) is 3.87. The average molecular weight is 217 g/mol. The van der Waals surface area contributed by atoms with Crippen molar-refractivity contribution in [2.75, 3.05) is 5.33 Å². The number of carbonyl (C=O) groups is 1. The van der Waals surface area contributed by atoms with Gasteiger partial charge in [0.2, 0.25) is 0 Å². The zero-order chi connectivity index (χ0) is 7.84. The molecule has 0 bridgehead atoms. The third-order valence-electron chi connectivity index (χ3n) is 3.05. The summed E-state index contributed by atoms with van der Waals surface area (Å²) in [5.74, 6) is 2.76. The lowest BCUT2D eigenvalue weighted by atomic mass is 9.71. The molecule has 1 nitrogen and oxygen atoms in total. The van der Waals surface area contributed by atoms with Crippen LogP contribution in [0.4, 0.5) is 0 Å². The molecular weight excluding hydrogens is 204 g/mol. The van der Waals surface area contributed by atoms with Crippen LogP contribution in [0.5, 0.6) is 0 Å². The first kappa shape index (κ1) is 7.78. The summed E-state index contributed by atoms with van der Waals surface area (Å²) in [5, 5.41) is 0.565. The van der Waals surface area contributed by atoms with E-state index in [9.17, 15) is 4.79 Å². The fourth-order valence-corrected chi connectivity index (χ4v) is 2.44. The van der Waals surface area contributed by atoms with Gasteiger partial charge in [-0.15, -0.1) is 0 Å². The molecule has 0 atom stereocenters. The van der Waals surface area contributed by atoms with Gasteiger partial charge in [-0.2, -0.15) is 0 Å². The molecule has 2 heteroatoms. The molecule has 2 rings (SSSR count). The fourth-order valence-electron chi connectivity index (χ4n) is 1.99. The van der Waals surface area contributed by atoms with Gasteiger partial charge in [-0.1, -0.05) is 15.9 Å². The molecule has 0 aromatic rings. The van der Waals surface area contributed by atoms with Crippen LogP contribution in [0.2, 0.25) is 0 Å². The molecule has 0 heterocycles. The zero-order valence-electron chi connectivity index (χ0n) is 6.55. The Morgan fingerprint density at radius 1 is 1.27 bits per heavy atom. The summed E-state index contributed by atoms with van der Waals surface area (Å²) < 4.78 is 0. The van der Waals surface area contributed by atoms with E-state index in [-0.39, 0.29) is 0 Å². The maximum Gasteiger partial charge on any atom is 0.146 e. The monoisotopic (exact) mass is 216 g/mol. The summed E-state index contributed by atoms with van der Waals surface area (Å²) in [7, 11) is 0. The van der Waals surface area contributed by atoms with Gasteiger partial charge in [0, 0.05) is 5.92 Å². The number of alkyl halides is 1. The van der Waals surface area contributed by atoms with E-state index in [4.69, 9.17) is 0 Å². The molecule has 62 valence electrons. The molecule has 0 amide bonds. The molecule has 0 radical (unpaired) electrons. The van der Waals surface area contributed by atoms with Gasteiger partial charge in [-0.25, -0.2) is 0 Å². The maximum atomic E-state index is 11.1. The molecular formula is C9H13BrO. The van der Waals surface area contributed by atoms with Gasteiger partial charge in [0.05, 0.1) is 5.33 Å². The van der Waals surface area contributed by atoms with Gasteiger partial charge in [0.15, 0.2) is 0 Å². The SMILES string of the molecule is O=C(CBr)C1CC(C2CC2)C1. The fraction of sp³-hybridized carbons (Fsp3) is 0.889. The molecule has 11 heavy (non-hydrogen) atoms. The molecule has 0 unspecified atom stereocenters. The minimum absolute atomic E-state index is 0.417. The number of Topliss-reactive ketones (excluding diaryl/α,β-unsaturated/α-hetero) is 1. The van der Waals surface area contributed by atoms with Crippen LogP contribution in [0, 0.1) is 17.8 Å². The van der Waals surface area contributed by atoms with E-state index in [0.29, 0.717) is 17.0 Å². The van der Waals surface area contributed by atoms with Crippen molar-refractivity contribution in [3.8, 4) is 0 Å². The Morgan fingerprint density at radius 2 is 1.91 bits per heavy atom. The predicted octanol–water partition coefficient (Wildman–Crippen LogP) is 2.39. The molecule has 0 spiro atoms. The van der Waals surface area contributed by atoms with Crippen LogP contribution < -0.4 is 0 Å². The normalized spacial score (nSPS) is 36.5. The molecule has 0 N–H and O–H groups in total. The quantitative estimate of drug-likeness (QED) is 0.663. The second kappa shape index (κ2) is 2.89. The van der Waals surface area contributed by atoms with Gasteiger partial charge in [-0.05, 0) is 37.5 Å². The molecule has 2 aliphatic rings. The van der Waals surface area contributed by atoms with Crippen LogP contribution in [0.1, 0.15) is 25.7 Å². The lowest BCUT2D eigenvalue weighted by Gasteiger charge is -2.34. The van der Waals surface area contributed by atoms with Crippen molar-refractivity contribution in [3.63, 3.8) is 0 Å². The minimum atomic E-state index is 0.417. The largest absolute Gasteiger partial charge is 0.298 e. The average Bonchev–Trinajstić information content (AvgIpc) is 2.67. The predicted molar refractivity (Wildman–Crippen MR) is 47.7 cm³/mol. The number of rotatable bonds is 3. The molecule has 2 saturated carbocycles. The van der Waals surface area contributed by atoms with E-state index in [1.165, 1.54) is 25.7 Å². The number of ketones is 1. The Hall–Kier alpha value is 0.150. The summed E-state index contributed by atoms with van der Waals surface area (Å²) >= 11 is 3.21. The summed E-state index contributed by atoms with van der Waals surface area (Å²) in [6.07, 6.45) is 5.24. The van der Waals surface area contributed by atoms with E-state index in [1.54, 1.807) is 0 Å². The van der Waals surface area contributed by atoms with E-state index >= 15 is 0 Å². The van der Waals surface area contributed by atoms with Gasteiger partial charge < -0.3 is 0 Å². The summed E-state index contributed by atoms with van der Waals surface area (Å²) in [6, 6.07) is 0.